The molecule has 5 N–H and O–H groups in total. The first-order valence-corrected chi connectivity index (χ1v) is 15.0. The summed E-state index contributed by atoms with van der Waals surface area (Å²) in [5.74, 6) is -1.14. The molecule has 1 aliphatic heterocycles. The molecule has 4 fully saturated rings. The van der Waals surface area contributed by atoms with Gasteiger partial charge in [-0.15, -0.1) is 0 Å². The van der Waals surface area contributed by atoms with Gasteiger partial charge in [0, 0.05) is 37.3 Å². The number of aliphatic hydroxyl groups excluding tert-OH is 2. The van der Waals surface area contributed by atoms with Crippen molar-refractivity contribution >= 4 is 23.4 Å². The maximum atomic E-state index is 12.8. The highest BCUT2D eigenvalue weighted by molar-refractivity contribution is 5.94. The molecular formula is C31H44N2O7. The Morgan fingerprint density at radius 3 is 2.65 bits per heavy atom. The fraction of sp³-hybridized carbons (Fsp3) is 0.742. The van der Waals surface area contributed by atoms with E-state index in [1.165, 1.54) is 0 Å². The van der Waals surface area contributed by atoms with Crippen LogP contribution in [0, 0.1) is 28.6 Å². The number of nitrogens with one attached hydrogen (secondary N) is 2. The van der Waals surface area contributed by atoms with Crippen LogP contribution in [0.2, 0.25) is 0 Å². The first-order chi connectivity index (χ1) is 18.9. The number of hydrogen-bond donors (Lipinski definition) is 5. The summed E-state index contributed by atoms with van der Waals surface area (Å²) in [6, 6.07) is -0.602. The van der Waals surface area contributed by atoms with Crippen LogP contribution in [-0.2, 0) is 19.2 Å². The summed E-state index contributed by atoms with van der Waals surface area (Å²) in [6.45, 7) is 4.68. The summed E-state index contributed by atoms with van der Waals surface area (Å²) in [7, 11) is 0. The van der Waals surface area contributed by atoms with Gasteiger partial charge in [0.15, 0.2) is 11.6 Å². The van der Waals surface area contributed by atoms with Gasteiger partial charge < -0.3 is 26.0 Å². The average molecular weight is 557 g/mol. The molecule has 8 atom stereocenters. The number of carbonyl (C=O) groups is 4. The molecule has 4 aliphatic carbocycles. The maximum absolute atomic E-state index is 12.8. The lowest BCUT2D eigenvalue weighted by Crippen LogP contribution is -2.60. The van der Waals surface area contributed by atoms with Crippen LogP contribution < -0.4 is 10.6 Å². The van der Waals surface area contributed by atoms with Gasteiger partial charge in [-0.05, 0) is 87.0 Å². The van der Waals surface area contributed by atoms with E-state index in [4.69, 9.17) is 0 Å². The van der Waals surface area contributed by atoms with Crippen molar-refractivity contribution in [2.24, 2.45) is 28.6 Å². The summed E-state index contributed by atoms with van der Waals surface area (Å²) < 4.78 is 0. The van der Waals surface area contributed by atoms with Crippen LogP contribution in [0.15, 0.2) is 23.5 Å². The first kappa shape index (κ1) is 29.0. The van der Waals surface area contributed by atoms with E-state index >= 15 is 0 Å². The number of amides is 2. The van der Waals surface area contributed by atoms with Crippen LogP contribution in [0.3, 0.4) is 0 Å². The van der Waals surface area contributed by atoms with Crippen molar-refractivity contribution in [3.8, 4) is 0 Å². The predicted molar refractivity (Wildman–Crippen MR) is 147 cm³/mol. The molecule has 0 radical (unpaired) electrons. The third-order valence-electron chi connectivity index (χ3n) is 11.2. The Labute approximate surface area is 235 Å². The first-order valence-electron chi connectivity index (χ1n) is 15.0. The maximum Gasteiger partial charge on any atom is 0.242 e. The molecule has 5 rings (SSSR count). The summed E-state index contributed by atoms with van der Waals surface area (Å²) in [5.41, 5.74) is -1.58. The van der Waals surface area contributed by atoms with E-state index < -0.39 is 40.6 Å². The second-order valence-electron chi connectivity index (χ2n) is 13.4. The molecular weight excluding hydrogens is 512 g/mol. The van der Waals surface area contributed by atoms with Gasteiger partial charge in [-0.3, -0.25) is 19.2 Å². The second kappa shape index (κ2) is 10.7. The predicted octanol–water partition coefficient (Wildman–Crippen LogP) is 2.80. The Bertz CT molecular complexity index is 1150. The summed E-state index contributed by atoms with van der Waals surface area (Å²) in [4.78, 5) is 49.4. The van der Waals surface area contributed by atoms with Gasteiger partial charge in [-0.25, -0.2) is 0 Å². The molecule has 40 heavy (non-hydrogen) atoms. The normalized spacial score (nSPS) is 41.5. The topological polar surface area (TPSA) is 153 Å². The highest BCUT2D eigenvalue weighted by Crippen LogP contribution is 2.68. The lowest BCUT2D eigenvalue weighted by molar-refractivity contribution is -0.168. The number of ketones is 2. The van der Waals surface area contributed by atoms with Crippen LogP contribution >= 0.6 is 0 Å². The van der Waals surface area contributed by atoms with Gasteiger partial charge in [0.2, 0.25) is 11.8 Å². The van der Waals surface area contributed by atoms with Crippen LogP contribution in [0.25, 0.3) is 0 Å². The molecule has 9 nitrogen and oxygen atoms in total. The molecule has 0 spiro atoms. The monoisotopic (exact) mass is 556 g/mol. The van der Waals surface area contributed by atoms with Gasteiger partial charge >= 0.3 is 0 Å². The molecule has 0 aromatic rings. The van der Waals surface area contributed by atoms with Crippen LogP contribution in [0.5, 0.6) is 0 Å². The number of aliphatic hydroxyl groups is 3. The summed E-state index contributed by atoms with van der Waals surface area (Å²) in [5, 5.41) is 40.0. The van der Waals surface area contributed by atoms with Crippen molar-refractivity contribution in [3.05, 3.63) is 23.5 Å². The van der Waals surface area contributed by atoms with Gasteiger partial charge in [-0.1, -0.05) is 19.4 Å². The van der Waals surface area contributed by atoms with Crippen molar-refractivity contribution in [2.45, 2.75) is 109 Å². The van der Waals surface area contributed by atoms with E-state index in [0.717, 1.165) is 43.8 Å². The highest BCUT2D eigenvalue weighted by Gasteiger charge is 2.67. The molecule has 3 saturated carbocycles. The smallest absolute Gasteiger partial charge is 0.242 e. The van der Waals surface area contributed by atoms with Crippen molar-refractivity contribution in [1.82, 2.24) is 10.6 Å². The summed E-state index contributed by atoms with van der Waals surface area (Å²) in [6.07, 6.45) is 8.19. The molecule has 8 unspecified atom stereocenters. The lowest BCUT2D eigenvalue weighted by Gasteiger charge is -2.60. The minimum atomic E-state index is -1.65. The highest BCUT2D eigenvalue weighted by atomic mass is 16.3. The lowest BCUT2D eigenvalue weighted by atomic mass is 9.45. The molecule has 220 valence electrons. The average Bonchev–Trinajstić information content (AvgIpc) is 3.02. The van der Waals surface area contributed by atoms with E-state index in [1.54, 1.807) is 6.08 Å². The van der Waals surface area contributed by atoms with Gasteiger partial charge in [0.25, 0.3) is 0 Å². The second-order valence-corrected chi connectivity index (χ2v) is 13.4. The van der Waals surface area contributed by atoms with Crippen molar-refractivity contribution in [2.75, 3.05) is 6.54 Å². The SMILES string of the molecule is CC12CCC(=O)C=C1CCC1C2C(O)CC2(C)C1CCC2(O)C(O)=CC(=O)CCC(=O)NC1CCCCNC1=O. The minimum Gasteiger partial charge on any atom is -0.509 e. The van der Waals surface area contributed by atoms with Crippen LogP contribution in [0.1, 0.15) is 90.9 Å². The molecule has 0 aromatic carbocycles. The number of carbonyl (C=O) groups excluding carboxylic acids is 4. The minimum absolute atomic E-state index is 0.0113. The largest absolute Gasteiger partial charge is 0.509 e. The van der Waals surface area contributed by atoms with E-state index in [0.29, 0.717) is 32.2 Å². The summed E-state index contributed by atoms with van der Waals surface area (Å²) >= 11 is 0. The zero-order valence-electron chi connectivity index (χ0n) is 23.7. The van der Waals surface area contributed by atoms with Crippen molar-refractivity contribution < 1.29 is 34.5 Å². The number of rotatable bonds is 6. The Balaban J connectivity index is 1.26. The molecule has 1 saturated heterocycles. The van der Waals surface area contributed by atoms with Crippen molar-refractivity contribution in [3.63, 3.8) is 0 Å². The third kappa shape index (κ3) is 4.83. The Kier molecular flexibility index (Phi) is 7.76. The van der Waals surface area contributed by atoms with E-state index in [2.05, 4.69) is 17.6 Å². The Morgan fingerprint density at radius 2 is 1.88 bits per heavy atom. The van der Waals surface area contributed by atoms with E-state index in [-0.39, 0.29) is 54.1 Å². The third-order valence-corrected chi connectivity index (χ3v) is 11.2. The number of hydrogen-bond acceptors (Lipinski definition) is 7. The van der Waals surface area contributed by atoms with Crippen LogP contribution in [-0.4, -0.2) is 63.0 Å². The molecule has 1 heterocycles. The van der Waals surface area contributed by atoms with Gasteiger partial charge in [0.1, 0.15) is 17.4 Å². The zero-order chi connectivity index (χ0) is 28.9. The van der Waals surface area contributed by atoms with Gasteiger partial charge in [-0.2, -0.15) is 0 Å². The number of fused-ring (bicyclic) bond motifs is 5. The molecule has 5 aliphatic rings. The molecule has 0 bridgehead atoms. The molecule has 9 heteroatoms. The fourth-order valence-electron chi connectivity index (χ4n) is 9.04. The molecule has 2 amide bonds. The zero-order valence-corrected chi connectivity index (χ0v) is 23.7. The Morgan fingerprint density at radius 1 is 1.10 bits per heavy atom. The fourth-order valence-corrected chi connectivity index (χ4v) is 9.04. The van der Waals surface area contributed by atoms with Gasteiger partial charge in [0.05, 0.1) is 6.10 Å². The van der Waals surface area contributed by atoms with Crippen LogP contribution in [0.4, 0.5) is 0 Å². The number of allylic oxidation sites excluding steroid dienone is 2. The molecule has 0 aromatic heterocycles. The Hall–Kier alpha value is -2.52. The van der Waals surface area contributed by atoms with Crippen molar-refractivity contribution in [1.29, 1.82) is 0 Å². The standard InChI is InChI=1S/C31H44N2O7/c1-29-12-10-20(35)15-18(29)6-8-21-22-11-13-31(40,30(22,2)17-24(36)27(21)29)25(37)16-19(34)7-9-26(38)33-23-5-3-4-14-32-28(23)39/h15-16,21-24,27,36-37,40H,3-14,17H2,1-2H3,(H,32,39)(H,33,38). The van der Waals surface area contributed by atoms with E-state index in [9.17, 15) is 34.5 Å². The quantitative estimate of drug-likeness (QED) is 0.249. The van der Waals surface area contributed by atoms with E-state index in [1.807, 2.05) is 6.92 Å².